The summed E-state index contributed by atoms with van der Waals surface area (Å²) in [5, 5.41) is 14.4. The van der Waals surface area contributed by atoms with E-state index in [1.54, 1.807) is 6.08 Å². The van der Waals surface area contributed by atoms with E-state index >= 15 is 0 Å². The van der Waals surface area contributed by atoms with E-state index in [1.807, 2.05) is 13.8 Å². The van der Waals surface area contributed by atoms with Gasteiger partial charge in [-0.25, -0.2) is 9.97 Å². The smallest absolute Gasteiger partial charge is 0.343 e. The summed E-state index contributed by atoms with van der Waals surface area (Å²) in [6, 6.07) is 0. The largest absolute Gasteiger partial charge is 0.361 e. The average molecular weight is 268 g/mol. The summed E-state index contributed by atoms with van der Waals surface area (Å²) in [6.07, 6.45) is 2.27. The first-order valence-electron chi connectivity index (χ1n) is 5.66. The molecule has 0 spiro atoms. The highest BCUT2D eigenvalue weighted by Gasteiger charge is 2.24. The van der Waals surface area contributed by atoms with Crippen molar-refractivity contribution >= 4 is 23.3 Å². The van der Waals surface area contributed by atoms with Crippen molar-refractivity contribution in [2.24, 2.45) is 0 Å². The molecule has 7 heteroatoms. The second kappa shape index (κ2) is 6.95. The van der Waals surface area contributed by atoms with Gasteiger partial charge in [-0.05, 0) is 5.75 Å². The van der Waals surface area contributed by atoms with Crippen LogP contribution in [0.15, 0.2) is 17.7 Å². The highest BCUT2D eigenvalue weighted by Crippen LogP contribution is 2.32. The van der Waals surface area contributed by atoms with Crippen molar-refractivity contribution in [1.29, 1.82) is 0 Å². The van der Waals surface area contributed by atoms with E-state index in [-0.39, 0.29) is 11.5 Å². The van der Waals surface area contributed by atoms with Gasteiger partial charge in [-0.3, -0.25) is 10.1 Å². The molecule has 1 rings (SSSR count). The minimum absolute atomic E-state index is 0.0547. The fourth-order valence-corrected chi connectivity index (χ4v) is 2.08. The topological polar surface area (TPSA) is 81.0 Å². The summed E-state index contributed by atoms with van der Waals surface area (Å²) >= 11 is 1.35. The van der Waals surface area contributed by atoms with Crippen LogP contribution in [0.5, 0.6) is 0 Å². The zero-order chi connectivity index (χ0) is 13.5. The number of nitrogens with zero attached hydrogens (tertiary/aromatic N) is 3. The number of hydrogen-bond donors (Lipinski definition) is 1. The molecule has 6 nitrogen and oxygen atoms in total. The second-order valence-electron chi connectivity index (χ2n) is 3.36. The van der Waals surface area contributed by atoms with Crippen molar-refractivity contribution in [2.75, 3.05) is 17.6 Å². The molecule has 0 radical (unpaired) electrons. The molecular formula is C11H16N4O2S. The van der Waals surface area contributed by atoms with Crippen LogP contribution in [0.4, 0.5) is 11.5 Å². The molecule has 0 unspecified atom stereocenters. The fourth-order valence-electron chi connectivity index (χ4n) is 1.33. The first-order chi connectivity index (χ1) is 8.63. The van der Waals surface area contributed by atoms with Crippen molar-refractivity contribution in [3.63, 3.8) is 0 Å². The van der Waals surface area contributed by atoms with Crippen LogP contribution in [0.25, 0.3) is 0 Å². The zero-order valence-electron chi connectivity index (χ0n) is 10.5. The maximum atomic E-state index is 11.1. The first kappa shape index (κ1) is 14.4. The van der Waals surface area contributed by atoms with Crippen LogP contribution in [0.3, 0.4) is 0 Å². The van der Waals surface area contributed by atoms with Gasteiger partial charge < -0.3 is 5.32 Å². The van der Waals surface area contributed by atoms with E-state index in [0.29, 0.717) is 23.8 Å². The molecule has 1 aromatic heterocycles. The lowest BCUT2D eigenvalue weighted by Gasteiger charge is -2.08. The van der Waals surface area contributed by atoms with Crippen LogP contribution in [0.2, 0.25) is 0 Å². The molecule has 0 aromatic carbocycles. The third-order valence-corrected chi connectivity index (χ3v) is 2.94. The molecule has 0 aliphatic rings. The van der Waals surface area contributed by atoms with Gasteiger partial charge in [0.1, 0.15) is 5.82 Å². The van der Waals surface area contributed by atoms with E-state index < -0.39 is 4.92 Å². The number of thioether (sulfide) groups is 1. The summed E-state index contributed by atoms with van der Waals surface area (Å²) in [6.45, 7) is 7.84. The average Bonchev–Trinajstić information content (AvgIpc) is 2.35. The lowest BCUT2D eigenvalue weighted by molar-refractivity contribution is -0.387. The Morgan fingerprint density at radius 1 is 1.50 bits per heavy atom. The lowest BCUT2D eigenvalue weighted by atomic mass is 10.4. The molecule has 18 heavy (non-hydrogen) atoms. The van der Waals surface area contributed by atoms with E-state index in [4.69, 9.17) is 0 Å². The summed E-state index contributed by atoms with van der Waals surface area (Å²) in [7, 11) is 0. The van der Waals surface area contributed by atoms with Gasteiger partial charge in [-0.2, -0.15) is 0 Å². The van der Waals surface area contributed by atoms with Crippen molar-refractivity contribution in [2.45, 2.75) is 25.3 Å². The van der Waals surface area contributed by atoms with Gasteiger partial charge in [0.15, 0.2) is 5.03 Å². The van der Waals surface area contributed by atoms with E-state index in [0.717, 1.165) is 5.75 Å². The Labute approximate surface area is 110 Å². The van der Waals surface area contributed by atoms with Crippen LogP contribution < -0.4 is 5.32 Å². The maximum absolute atomic E-state index is 11.1. The summed E-state index contributed by atoms with van der Waals surface area (Å²) in [5.41, 5.74) is -0.0547. The molecule has 0 aliphatic carbocycles. The minimum Gasteiger partial charge on any atom is -0.361 e. The number of nitro groups is 1. The maximum Gasteiger partial charge on any atom is 0.343 e. The van der Waals surface area contributed by atoms with Crippen LogP contribution in [-0.2, 0) is 6.42 Å². The van der Waals surface area contributed by atoms with Gasteiger partial charge in [0, 0.05) is 13.0 Å². The highest BCUT2D eigenvalue weighted by molar-refractivity contribution is 7.99. The number of nitrogens with one attached hydrogen (secondary N) is 1. The van der Waals surface area contributed by atoms with Crippen LogP contribution >= 0.6 is 11.8 Å². The van der Waals surface area contributed by atoms with Crippen LogP contribution in [0, 0.1) is 10.1 Å². The van der Waals surface area contributed by atoms with Crippen molar-refractivity contribution in [1.82, 2.24) is 9.97 Å². The minimum atomic E-state index is -0.442. The summed E-state index contributed by atoms with van der Waals surface area (Å²) in [4.78, 5) is 19.1. The Kier molecular flexibility index (Phi) is 5.57. The van der Waals surface area contributed by atoms with Gasteiger partial charge in [0.2, 0.25) is 5.82 Å². The molecule has 0 aliphatic heterocycles. The molecule has 0 atom stereocenters. The van der Waals surface area contributed by atoms with E-state index in [9.17, 15) is 10.1 Å². The molecule has 0 saturated carbocycles. The Bertz CT molecular complexity index is 451. The molecule has 1 heterocycles. The Balaban J connectivity index is 3.29. The van der Waals surface area contributed by atoms with Gasteiger partial charge in [0.05, 0.1) is 4.92 Å². The van der Waals surface area contributed by atoms with Gasteiger partial charge in [-0.1, -0.05) is 31.7 Å². The Morgan fingerprint density at radius 3 is 2.72 bits per heavy atom. The van der Waals surface area contributed by atoms with Crippen LogP contribution in [-0.4, -0.2) is 27.2 Å². The number of rotatable bonds is 7. The number of hydrogen-bond acceptors (Lipinski definition) is 6. The third kappa shape index (κ3) is 3.43. The SMILES string of the molecule is C=CCNc1nc(CC)nc(SCC)c1[N+](=O)[O-]. The molecule has 0 saturated heterocycles. The number of aromatic nitrogens is 2. The molecule has 1 N–H and O–H groups in total. The monoisotopic (exact) mass is 268 g/mol. The number of anilines is 1. The predicted octanol–water partition coefficient (Wildman–Crippen LogP) is 2.66. The Hall–Kier alpha value is -1.63. The quantitative estimate of drug-likeness (QED) is 0.269. The second-order valence-corrected chi connectivity index (χ2v) is 4.61. The molecule has 0 bridgehead atoms. The first-order valence-corrected chi connectivity index (χ1v) is 6.65. The normalized spacial score (nSPS) is 10.1. The third-order valence-electron chi connectivity index (χ3n) is 2.09. The molecule has 0 fully saturated rings. The van der Waals surface area contributed by atoms with Crippen molar-refractivity contribution in [3.8, 4) is 0 Å². The van der Waals surface area contributed by atoms with E-state index in [1.165, 1.54) is 11.8 Å². The standard InChI is InChI=1S/C11H16N4O2S/c1-4-7-12-10-9(15(16)17)11(18-6-3)14-8(5-2)13-10/h4H,1,5-7H2,2-3H3,(H,12,13,14). The summed E-state index contributed by atoms with van der Waals surface area (Å²) < 4.78 is 0. The van der Waals surface area contributed by atoms with Gasteiger partial charge in [-0.15, -0.1) is 6.58 Å². The van der Waals surface area contributed by atoms with Crippen molar-refractivity contribution in [3.05, 3.63) is 28.6 Å². The van der Waals surface area contributed by atoms with Crippen molar-refractivity contribution < 1.29 is 4.92 Å². The van der Waals surface area contributed by atoms with E-state index in [2.05, 4.69) is 21.9 Å². The van der Waals surface area contributed by atoms with Gasteiger partial charge >= 0.3 is 5.69 Å². The molecule has 0 amide bonds. The predicted molar refractivity (Wildman–Crippen MR) is 73.1 cm³/mol. The molecule has 98 valence electrons. The summed E-state index contributed by atoms with van der Waals surface area (Å²) in [5.74, 6) is 1.59. The zero-order valence-corrected chi connectivity index (χ0v) is 11.3. The molecule has 1 aromatic rings. The highest BCUT2D eigenvalue weighted by atomic mass is 32.2. The van der Waals surface area contributed by atoms with Gasteiger partial charge in [0.25, 0.3) is 0 Å². The van der Waals surface area contributed by atoms with Crippen LogP contribution in [0.1, 0.15) is 19.7 Å². The fraction of sp³-hybridized carbons (Fsp3) is 0.455. The Morgan fingerprint density at radius 2 is 2.22 bits per heavy atom. The lowest BCUT2D eigenvalue weighted by Crippen LogP contribution is -2.09. The number of aryl methyl sites for hydroxylation is 1. The molecular weight excluding hydrogens is 252 g/mol.